The van der Waals surface area contributed by atoms with Crippen LogP contribution in [0, 0.1) is 0 Å². The number of hydrogen-bond acceptors (Lipinski definition) is 6. The van der Waals surface area contributed by atoms with Gasteiger partial charge in [-0.2, -0.15) is 5.10 Å². The maximum atomic E-state index is 12.2. The van der Waals surface area contributed by atoms with E-state index in [0.717, 1.165) is 0 Å². The third kappa shape index (κ3) is 5.09. The second-order valence-electron chi connectivity index (χ2n) is 5.39. The van der Waals surface area contributed by atoms with Gasteiger partial charge in [-0.05, 0) is 18.2 Å². The first-order chi connectivity index (χ1) is 11.9. The number of ether oxygens (including phenoxy) is 2. The van der Waals surface area contributed by atoms with Crippen molar-refractivity contribution in [1.82, 2.24) is 15.1 Å². The fourth-order valence-corrected chi connectivity index (χ4v) is 2.30. The second kappa shape index (κ2) is 8.70. The maximum Gasteiger partial charge on any atom is 0.274 e. The molecule has 3 N–H and O–H groups in total. The minimum Gasteiger partial charge on any atom is -0.497 e. The average molecular weight is 370 g/mol. The van der Waals surface area contributed by atoms with E-state index in [0.29, 0.717) is 22.2 Å². The highest BCUT2D eigenvalue weighted by Gasteiger charge is 2.18. The van der Waals surface area contributed by atoms with Crippen LogP contribution in [0.3, 0.4) is 0 Å². The number of likely N-dealkylation sites (N-methyl/N-ethyl adjacent to an activating group) is 1. The molecule has 0 saturated carbocycles. The van der Waals surface area contributed by atoms with Crippen LogP contribution in [0.1, 0.15) is 16.2 Å². The van der Waals surface area contributed by atoms with Crippen molar-refractivity contribution in [2.24, 2.45) is 0 Å². The van der Waals surface area contributed by atoms with Crippen molar-refractivity contribution in [1.29, 1.82) is 0 Å². The van der Waals surface area contributed by atoms with Crippen LogP contribution < -0.4 is 9.47 Å². The lowest BCUT2D eigenvalue weighted by atomic mass is 10.3. The van der Waals surface area contributed by atoms with Crippen LogP contribution in [0.4, 0.5) is 0 Å². The van der Waals surface area contributed by atoms with E-state index in [1.165, 1.54) is 11.9 Å². The second-order valence-corrected chi connectivity index (χ2v) is 5.79. The van der Waals surface area contributed by atoms with Gasteiger partial charge in [0.15, 0.2) is 5.69 Å². The summed E-state index contributed by atoms with van der Waals surface area (Å²) in [6.07, 6.45) is -0.993. The Morgan fingerprint density at radius 2 is 2.20 bits per heavy atom. The Balaban J connectivity index is 1.96. The van der Waals surface area contributed by atoms with Gasteiger partial charge in [-0.1, -0.05) is 11.6 Å². The Morgan fingerprint density at radius 3 is 2.84 bits per heavy atom. The van der Waals surface area contributed by atoms with Gasteiger partial charge in [0.1, 0.15) is 18.1 Å². The highest BCUT2D eigenvalue weighted by Crippen LogP contribution is 2.29. The number of halogens is 1. The standard InChI is InChI=1S/C16H20ClN3O5/c1-20(7-11(22)8-21)16(23)14-5-10(18-19-14)9-25-15-4-3-12(24-2)6-13(15)17/h3-6,11,21-22H,7-9H2,1-2H3,(H,18,19). The van der Waals surface area contributed by atoms with Crippen molar-refractivity contribution in [2.75, 3.05) is 27.3 Å². The Kier molecular flexibility index (Phi) is 6.63. The summed E-state index contributed by atoms with van der Waals surface area (Å²) in [7, 11) is 3.06. The molecule has 0 fully saturated rings. The van der Waals surface area contributed by atoms with E-state index >= 15 is 0 Å². The van der Waals surface area contributed by atoms with Crippen LogP contribution in [-0.2, 0) is 6.61 Å². The normalized spacial score (nSPS) is 11.9. The molecular formula is C16H20ClN3O5. The van der Waals surface area contributed by atoms with Gasteiger partial charge in [0.2, 0.25) is 0 Å². The van der Waals surface area contributed by atoms with Crippen molar-refractivity contribution < 1.29 is 24.5 Å². The number of aromatic nitrogens is 2. The van der Waals surface area contributed by atoms with E-state index < -0.39 is 12.7 Å². The van der Waals surface area contributed by atoms with Crippen LogP contribution in [0.25, 0.3) is 0 Å². The Hall–Kier alpha value is -2.29. The van der Waals surface area contributed by atoms with E-state index in [1.807, 2.05) is 0 Å². The van der Waals surface area contributed by atoms with Crippen molar-refractivity contribution in [3.63, 3.8) is 0 Å². The number of benzene rings is 1. The molecule has 0 aliphatic carbocycles. The first-order valence-electron chi connectivity index (χ1n) is 7.49. The summed E-state index contributed by atoms with van der Waals surface area (Å²) in [6.45, 7) is -0.259. The highest BCUT2D eigenvalue weighted by molar-refractivity contribution is 6.32. The topological polar surface area (TPSA) is 108 Å². The minimum absolute atomic E-state index is 0.00941. The number of amides is 1. The molecule has 0 spiro atoms. The zero-order valence-electron chi connectivity index (χ0n) is 13.9. The molecule has 1 unspecified atom stereocenters. The van der Waals surface area contributed by atoms with Gasteiger partial charge in [0.05, 0.1) is 30.5 Å². The molecular weight excluding hydrogens is 350 g/mol. The molecule has 8 nitrogen and oxygen atoms in total. The first kappa shape index (κ1) is 19.0. The fraction of sp³-hybridized carbons (Fsp3) is 0.375. The lowest BCUT2D eigenvalue weighted by Gasteiger charge is -2.18. The molecule has 9 heteroatoms. The number of aliphatic hydroxyl groups excluding tert-OH is 2. The molecule has 136 valence electrons. The smallest absolute Gasteiger partial charge is 0.274 e. The van der Waals surface area contributed by atoms with Gasteiger partial charge in [-0.3, -0.25) is 9.89 Å². The molecule has 0 aliphatic rings. The zero-order chi connectivity index (χ0) is 18.4. The van der Waals surface area contributed by atoms with Crippen molar-refractivity contribution in [2.45, 2.75) is 12.7 Å². The van der Waals surface area contributed by atoms with Crippen LogP contribution in [-0.4, -0.2) is 64.6 Å². The highest BCUT2D eigenvalue weighted by atomic mass is 35.5. The number of nitrogens with zero attached hydrogens (tertiary/aromatic N) is 2. The lowest BCUT2D eigenvalue weighted by molar-refractivity contribution is 0.0516. The molecule has 2 rings (SSSR count). The summed E-state index contributed by atoms with van der Waals surface area (Å²) < 4.78 is 10.7. The molecule has 0 radical (unpaired) electrons. The number of H-pyrrole nitrogens is 1. The number of hydrogen-bond donors (Lipinski definition) is 3. The molecule has 25 heavy (non-hydrogen) atoms. The van der Waals surface area contributed by atoms with E-state index in [9.17, 15) is 9.90 Å². The number of carbonyl (C=O) groups excluding carboxylic acids is 1. The number of aromatic amines is 1. The summed E-state index contributed by atoms with van der Waals surface area (Å²) in [5, 5.41) is 25.3. The minimum atomic E-state index is -0.993. The molecule has 1 aromatic carbocycles. The number of carbonyl (C=O) groups is 1. The van der Waals surface area contributed by atoms with Crippen molar-refractivity contribution in [3.05, 3.63) is 40.7 Å². The lowest BCUT2D eigenvalue weighted by Crippen LogP contribution is -2.36. The third-order valence-corrected chi connectivity index (χ3v) is 3.71. The van der Waals surface area contributed by atoms with Gasteiger partial charge >= 0.3 is 0 Å². The molecule has 0 saturated heterocycles. The van der Waals surface area contributed by atoms with Crippen LogP contribution in [0.15, 0.2) is 24.3 Å². The average Bonchev–Trinajstić information content (AvgIpc) is 3.08. The summed E-state index contributed by atoms with van der Waals surface area (Å²) in [4.78, 5) is 13.5. The van der Waals surface area contributed by atoms with Gasteiger partial charge in [-0.25, -0.2) is 0 Å². The number of methoxy groups -OCH3 is 1. The molecule has 2 aromatic rings. The predicted octanol–water partition coefficient (Wildman–Crippen LogP) is 1.08. The van der Waals surface area contributed by atoms with Gasteiger partial charge in [0, 0.05) is 19.7 Å². The summed E-state index contributed by atoms with van der Waals surface area (Å²) in [5.74, 6) is 0.727. The van der Waals surface area contributed by atoms with Crippen molar-refractivity contribution in [3.8, 4) is 11.5 Å². The molecule has 1 atom stereocenters. The SMILES string of the molecule is COc1ccc(OCc2cc(C(=O)N(C)CC(O)CO)n[nH]2)c(Cl)c1. The van der Waals surface area contributed by atoms with Crippen LogP contribution in [0.2, 0.25) is 5.02 Å². The summed E-state index contributed by atoms with van der Waals surface area (Å²) >= 11 is 6.10. The largest absolute Gasteiger partial charge is 0.497 e. The summed E-state index contributed by atoms with van der Waals surface area (Å²) in [5.41, 5.74) is 0.776. The Morgan fingerprint density at radius 1 is 1.44 bits per heavy atom. The van der Waals surface area contributed by atoms with Gasteiger partial charge < -0.3 is 24.6 Å². The summed E-state index contributed by atoms with van der Waals surface area (Å²) in [6, 6.07) is 6.61. The monoisotopic (exact) mass is 369 g/mol. The van der Waals surface area contributed by atoms with Crippen LogP contribution >= 0.6 is 11.6 Å². The Labute approximate surface area is 149 Å². The van der Waals surface area contributed by atoms with E-state index in [-0.39, 0.29) is 24.8 Å². The van der Waals surface area contributed by atoms with E-state index in [1.54, 1.807) is 31.4 Å². The van der Waals surface area contributed by atoms with E-state index in [2.05, 4.69) is 10.2 Å². The van der Waals surface area contributed by atoms with Gasteiger partial charge in [0.25, 0.3) is 5.91 Å². The number of nitrogens with one attached hydrogen (secondary N) is 1. The third-order valence-electron chi connectivity index (χ3n) is 3.41. The molecule has 0 aliphatic heterocycles. The fourth-order valence-electron chi connectivity index (χ4n) is 2.08. The van der Waals surface area contributed by atoms with Crippen LogP contribution in [0.5, 0.6) is 11.5 Å². The zero-order valence-corrected chi connectivity index (χ0v) is 14.7. The first-order valence-corrected chi connectivity index (χ1v) is 7.87. The molecule has 0 bridgehead atoms. The Bertz CT molecular complexity index is 722. The molecule has 1 heterocycles. The predicted molar refractivity (Wildman–Crippen MR) is 91.0 cm³/mol. The van der Waals surface area contributed by atoms with Gasteiger partial charge in [-0.15, -0.1) is 0 Å². The molecule has 1 amide bonds. The quantitative estimate of drug-likeness (QED) is 0.642. The number of aliphatic hydroxyl groups is 2. The number of rotatable bonds is 8. The maximum absolute atomic E-state index is 12.2. The van der Waals surface area contributed by atoms with Crippen molar-refractivity contribution >= 4 is 17.5 Å². The molecule has 1 aromatic heterocycles. The van der Waals surface area contributed by atoms with E-state index in [4.69, 9.17) is 26.2 Å².